The van der Waals surface area contributed by atoms with E-state index in [1.807, 2.05) is 37.8 Å². The number of aromatic nitrogens is 2. The summed E-state index contributed by atoms with van der Waals surface area (Å²) in [5.41, 5.74) is 1.07. The van der Waals surface area contributed by atoms with Gasteiger partial charge in [-0.15, -0.1) is 0 Å². The highest BCUT2D eigenvalue weighted by Gasteiger charge is 2.16. The minimum Gasteiger partial charge on any atom is -0.353 e. The number of nitrogens with zero attached hydrogens (tertiary/aromatic N) is 2. The van der Waals surface area contributed by atoms with Gasteiger partial charge in [0.05, 0.1) is 17.8 Å². The number of carbonyl (C=O) groups excluding carboxylic acids is 1. The lowest BCUT2D eigenvalue weighted by Gasteiger charge is -2.19. The summed E-state index contributed by atoms with van der Waals surface area (Å²) in [4.78, 5) is 11.7. The maximum Gasteiger partial charge on any atom is 0.237 e. The summed E-state index contributed by atoms with van der Waals surface area (Å²) in [5, 5.41) is 10.4. The van der Waals surface area contributed by atoms with E-state index >= 15 is 0 Å². The molecule has 0 aromatic carbocycles. The Hall–Kier alpha value is -1.36. The van der Waals surface area contributed by atoms with E-state index in [2.05, 4.69) is 36.5 Å². The molecule has 0 aliphatic heterocycles. The molecule has 1 amide bonds. The SMILES string of the molecule is CC(C)NC(=O)C(C)NCc1cnn(C(C)(C)C)c1. The van der Waals surface area contributed by atoms with E-state index in [1.54, 1.807) is 0 Å². The van der Waals surface area contributed by atoms with Crippen LogP contribution < -0.4 is 10.6 Å². The number of nitrogens with one attached hydrogen (secondary N) is 2. The lowest BCUT2D eigenvalue weighted by Crippen LogP contribution is -2.44. The van der Waals surface area contributed by atoms with Crippen LogP contribution in [0.5, 0.6) is 0 Å². The molecule has 108 valence electrons. The van der Waals surface area contributed by atoms with Crippen LogP contribution in [0, 0.1) is 0 Å². The number of carbonyl (C=O) groups is 1. The standard InChI is InChI=1S/C14H26N4O/c1-10(2)17-13(19)11(3)15-7-12-8-16-18(9-12)14(4,5)6/h8-11,15H,7H2,1-6H3,(H,17,19). The average molecular weight is 266 g/mol. The number of hydrogen-bond donors (Lipinski definition) is 2. The molecule has 2 N–H and O–H groups in total. The van der Waals surface area contributed by atoms with Gasteiger partial charge < -0.3 is 10.6 Å². The predicted octanol–water partition coefficient (Wildman–Crippen LogP) is 1.64. The number of amides is 1. The van der Waals surface area contributed by atoms with Crippen molar-refractivity contribution in [2.75, 3.05) is 0 Å². The topological polar surface area (TPSA) is 59.0 Å². The minimum absolute atomic E-state index is 0.0150. The van der Waals surface area contributed by atoms with Gasteiger partial charge >= 0.3 is 0 Å². The first-order chi connectivity index (χ1) is 8.70. The smallest absolute Gasteiger partial charge is 0.237 e. The fraction of sp³-hybridized carbons (Fsp3) is 0.714. The van der Waals surface area contributed by atoms with Crippen molar-refractivity contribution in [3.8, 4) is 0 Å². The summed E-state index contributed by atoms with van der Waals surface area (Å²) in [5.74, 6) is 0.0261. The van der Waals surface area contributed by atoms with Gasteiger partial charge in [-0.05, 0) is 41.5 Å². The highest BCUT2D eigenvalue weighted by Crippen LogP contribution is 2.13. The lowest BCUT2D eigenvalue weighted by molar-refractivity contribution is -0.123. The van der Waals surface area contributed by atoms with Crippen LogP contribution in [-0.2, 0) is 16.9 Å². The van der Waals surface area contributed by atoms with Gasteiger partial charge in [0.1, 0.15) is 0 Å². The Balaban J connectivity index is 2.49. The highest BCUT2D eigenvalue weighted by molar-refractivity contribution is 5.81. The van der Waals surface area contributed by atoms with E-state index in [-0.39, 0.29) is 23.5 Å². The van der Waals surface area contributed by atoms with E-state index in [4.69, 9.17) is 0 Å². The van der Waals surface area contributed by atoms with Crippen molar-refractivity contribution in [3.63, 3.8) is 0 Å². The molecule has 1 unspecified atom stereocenters. The van der Waals surface area contributed by atoms with Crippen LogP contribution in [-0.4, -0.2) is 27.8 Å². The molecular weight excluding hydrogens is 240 g/mol. The first-order valence-corrected chi connectivity index (χ1v) is 6.78. The third-order valence-corrected chi connectivity index (χ3v) is 2.76. The Labute approximate surface area is 115 Å². The van der Waals surface area contributed by atoms with Gasteiger partial charge in [-0.2, -0.15) is 5.10 Å². The van der Waals surface area contributed by atoms with Crippen LogP contribution in [0.4, 0.5) is 0 Å². The second kappa shape index (κ2) is 6.19. The quantitative estimate of drug-likeness (QED) is 0.852. The first-order valence-electron chi connectivity index (χ1n) is 6.78. The molecule has 5 nitrogen and oxygen atoms in total. The second-order valence-electron chi connectivity index (χ2n) is 6.23. The van der Waals surface area contributed by atoms with E-state index in [9.17, 15) is 4.79 Å². The molecule has 1 rings (SSSR count). The molecule has 0 saturated carbocycles. The predicted molar refractivity (Wildman–Crippen MR) is 76.8 cm³/mol. The molecule has 0 radical (unpaired) electrons. The van der Waals surface area contributed by atoms with E-state index in [0.29, 0.717) is 6.54 Å². The second-order valence-corrected chi connectivity index (χ2v) is 6.23. The van der Waals surface area contributed by atoms with Crippen LogP contribution in [0.1, 0.15) is 47.1 Å². The van der Waals surface area contributed by atoms with Gasteiger partial charge in [0.25, 0.3) is 0 Å². The van der Waals surface area contributed by atoms with Crippen molar-refractivity contribution in [1.29, 1.82) is 0 Å². The van der Waals surface area contributed by atoms with Gasteiger partial charge in [-0.25, -0.2) is 0 Å². The number of rotatable bonds is 5. The molecule has 0 bridgehead atoms. The molecule has 1 atom stereocenters. The summed E-state index contributed by atoms with van der Waals surface area (Å²) in [6.07, 6.45) is 3.85. The zero-order valence-electron chi connectivity index (χ0n) is 12.8. The molecule has 19 heavy (non-hydrogen) atoms. The Morgan fingerprint density at radius 1 is 1.37 bits per heavy atom. The van der Waals surface area contributed by atoms with Gasteiger partial charge in [-0.3, -0.25) is 9.48 Å². The molecule has 0 saturated heterocycles. The van der Waals surface area contributed by atoms with E-state index < -0.39 is 0 Å². The van der Waals surface area contributed by atoms with Crippen LogP contribution in [0.25, 0.3) is 0 Å². The van der Waals surface area contributed by atoms with Gasteiger partial charge in [0, 0.05) is 24.3 Å². The summed E-state index contributed by atoms with van der Waals surface area (Å²) in [6, 6.07) is -0.0409. The molecule has 5 heteroatoms. The molecule has 1 aromatic rings. The Kier molecular flexibility index (Phi) is 5.11. The van der Waals surface area contributed by atoms with Crippen LogP contribution >= 0.6 is 0 Å². The third kappa shape index (κ3) is 5.03. The summed E-state index contributed by atoms with van der Waals surface area (Å²) in [7, 11) is 0. The van der Waals surface area contributed by atoms with Gasteiger partial charge in [0.2, 0.25) is 5.91 Å². The van der Waals surface area contributed by atoms with E-state index in [1.165, 1.54) is 0 Å². The molecule has 1 aromatic heterocycles. The van der Waals surface area contributed by atoms with Gasteiger partial charge in [0.15, 0.2) is 0 Å². The van der Waals surface area contributed by atoms with Crippen LogP contribution in [0.3, 0.4) is 0 Å². The van der Waals surface area contributed by atoms with Crippen molar-refractivity contribution in [2.24, 2.45) is 0 Å². The zero-order chi connectivity index (χ0) is 14.6. The zero-order valence-corrected chi connectivity index (χ0v) is 12.8. The number of hydrogen-bond acceptors (Lipinski definition) is 3. The summed E-state index contributed by atoms with van der Waals surface area (Å²) < 4.78 is 1.93. The normalized spacial score (nSPS) is 13.6. The molecule has 1 heterocycles. The largest absolute Gasteiger partial charge is 0.353 e. The Morgan fingerprint density at radius 2 is 2.00 bits per heavy atom. The lowest BCUT2D eigenvalue weighted by atomic mass is 10.1. The average Bonchev–Trinajstić information content (AvgIpc) is 2.72. The van der Waals surface area contributed by atoms with Crippen molar-refractivity contribution in [1.82, 2.24) is 20.4 Å². The first kappa shape index (κ1) is 15.7. The van der Waals surface area contributed by atoms with Gasteiger partial charge in [-0.1, -0.05) is 0 Å². The Bertz CT molecular complexity index is 417. The van der Waals surface area contributed by atoms with Crippen molar-refractivity contribution >= 4 is 5.91 Å². The summed E-state index contributed by atoms with van der Waals surface area (Å²) in [6.45, 7) is 12.7. The molecule has 0 aliphatic rings. The van der Waals surface area contributed by atoms with Crippen LogP contribution in [0.15, 0.2) is 12.4 Å². The molecular formula is C14H26N4O. The highest BCUT2D eigenvalue weighted by atomic mass is 16.2. The van der Waals surface area contributed by atoms with E-state index in [0.717, 1.165) is 5.56 Å². The monoisotopic (exact) mass is 266 g/mol. The Morgan fingerprint density at radius 3 is 2.47 bits per heavy atom. The van der Waals surface area contributed by atoms with Crippen LogP contribution in [0.2, 0.25) is 0 Å². The maximum atomic E-state index is 11.7. The summed E-state index contributed by atoms with van der Waals surface area (Å²) >= 11 is 0. The maximum absolute atomic E-state index is 11.7. The van der Waals surface area contributed by atoms with Crippen molar-refractivity contribution < 1.29 is 4.79 Å². The van der Waals surface area contributed by atoms with Crippen molar-refractivity contribution in [3.05, 3.63) is 18.0 Å². The fourth-order valence-corrected chi connectivity index (χ4v) is 1.59. The minimum atomic E-state index is -0.208. The third-order valence-electron chi connectivity index (χ3n) is 2.76. The fourth-order valence-electron chi connectivity index (χ4n) is 1.59. The molecule has 0 aliphatic carbocycles. The molecule has 0 spiro atoms. The van der Waals surface area contributed by atoms with Crippen molar-refractivity contribution in [2.45, 2.75) is 65.7 Å². The molecule has 0 fully saturated rings.